The third kappa shape index (κ3) is 17.1. The van der Waals surface area contributed by atoms with Crippen molar-refractivity contribution >= 4 is 118 Å². The Bertz CT molecular complexity index is 5350. The van der Waals surface area contributed by atoms with Gasteiger partial charge in [0.25, 0.3) is 0 Å². The first-order valence-electron chi connectivity index (χ1n) is 31.0. The quantitative estimate of drug-likeness (QED) is 0.0679. The zero-order chi connectivity index (χ0) is 74.9. The Morgan fingerprint density at radius 2 is 0.629 bits per heavy atom. The van der Waals surface area contributed by atoms with Gasteiger partial charge in [-0.05, 0) is 245 Å². The number of aromatic nitrogens is 10. The van der Waals surface area contributed by atoms with E-state index < -0.39 is 24.6 Å². The van der Waals surface area contributed by atoms with Crippen molar-refractivity contribution in [2.24, 2.45) is 0 Å². The normalized spacial score (nSPS) is 11.0. The van der Waals surface area contributed by atoms with Crippen LogP contribution >= 0.6 is 34.8 Å². The molecule has 15 rings (SSSR count). The van der Waals surface area contributed by atoms with Crippen LogP contribution in [0.25, 0.3) is 55.2 Å². The Labute approximate surface area is 602 Å². The monoisotopic (exact) mass is 1480 g/mol. The largest absolute Gasteiger partial charge is 0.304 e. The van der Waals surface area contributed by atoms with E-state index >= 15 is 0 Å². The Balaban J connectivity index is 0.000000131. The van der Waals surface area contributed by atoms with E-state index in [2.05, 4.69) is 74.7 Å². The Kier molecular flexibility index (Phi) is 22.2. The molecule has 105 heavy (non-hydrogen) atoms. The first kappa shape index (κ1) is 73.2. The van der Waals surface area contributed by atoms with Crippen LogP contribution in [0.4, 0.5) is 37.2 Å². The topological polar surface area (TPSA) is 410 Å². The van der Waals surface area contributed by atoms with E-state index in [9.17, 15) is 59.4 Å². The first-order valence-corrected chi connectivity index (χ1v) is 32.1. The lowest BCUT2D eigenvalue weighted by atomic mass is 10.0. The van der Waals surface area contributed by atoms with Gasteiger partial charge in [0.15, 0.2) is 0 Å². The number of nitrogens with zero attached hydrogens (tertiary/aromatic N) is 15. The molecule has 30 nitrogen and oxygen atoms in total. The van der Waals surface area contributed by atoms with Crippen molar-refractivity contribution in [2.75, 3.05) is 0 Å². The minimum absolute atomic E-state index is 0.0682. The molecular formula is C70H50Cl3F2N15O15. The molecule has 0 aliphatic heterocycles. The van der Waals surface area contributed by atoms with Gasteiger partial charge in [0.2, 0.25) is 27.6 Å². The van der Waals surface area contributed by atoms with Gasteiger partial charge in [-0.2, -0.15) is 0 Å². The van der Waals surface area contributed by atoms with Crippen molar-refractivity contribution in [3.63, 3.8) is 0 Å². The van der Waals surface area contributed by atoms with Gasteiger partial charge in [-0.25, -0.2) is 31.9 Å². The lowest BCUT2D eigenvalue weighted by molar-refractivity contribution is -0.384. The van der Waals surface area contributed by atoms with Crippen LogP contribution in [0.3, 0.4) is 0 Å². The zero-order valence-corrected chi connectivity index (χ0v) is 57.5. The van der Waals surface area contributed by atoms with Crippen molar-refractivity contribution in [3.05, 3.63) is 312 Å². The molecule has 0 fully saturated rings. The van der Waals surface area contributed by atoms with Crippen molar-refractivity contribution < 1.29 is 56.5 Å². The molecule has 0 aliphatic carbocycles. The van der Waals surface area contributed by atoms with Crippen molar-refractivity contribution in [1.29, 1.82) is 0 Å². The predicted octanol–water partition coefficient (Wildman–Crippen LogP) is 17.4. The van der Waals surface area contributed by atoms with Crippen LogP contribution in [0.5, 0.6) is 0 Å². The summed E-state index contributed by atoms with van der Waals surface area (Å²) in [5, 5.41) is 94.5. The molecule has 5 heterocycles. The van der Waals surface area contributed by atoms with Crippen molar-refractivity contribution in [2.45, 2.75) is 66.7 Å². The molecule has 0 radical (unpaired) electrons. The smallest absolute Gasteiger partial charge is 0.258 e. The molecule has 5 aromatic heterocycles. The van der Waals surface area contributed by atoms with Crippen LogP contribution in [0, 0.1) is 96.8 Å². The molecule has 0 N–H and O–H groups in total. The molecule has 10 aromatic carbocycles. The average molecular weight is 1490 g/mol. The summed E-state index contributed by atoms with van der Waals surface area (Å²) >= 11 is 18.1. The fourth-order valence-corrected chi connectivity index (χ4v) is 12.0. The minimum Gasteiger partial charge on any atom is -0.258 e. The molecule has 530 valence electrons. The highest BCUT2D eigenvalue weighted by molar-refractivity contribution is 6.31. The van der Waals surface area contributed by atoms with E-state index in [-0.39, 0.29) is 80.5 Å². The number of hydrogen-bond donors (Lipinski definition) is 0. The molecular weight excluding hydrogens is 1440 g/mol. The Morgan fingerprint density at radius 3 is 0.952 bits per heavy atom. The van der Waals surface area contributed by atoms with E-state index in [1.54, 1.807) is 105 Å². The van der Waals surface area contributed by atoms with Gasteiger partial charge in [-0.3, -0.25) is 50.6 Å². The molecule has 15 aromatic rings. The fourth-order valence-electron chi connectivity index (χ4n) is 11.4. The van der Waals surface area contributed by atoms with Crippen LogP contribution in [0.1, 0.15) is 83.5 Å². The second-order valence-electron chi connectivity index (χ2n) is 23.7. The third-order valence-electron chi connectivity index (χ3n) is 16.2. The first-order chi connectivity index (χ1) is 50.3. The van der Waals surface area contributed by atoms with Crippen LogP contribution in [-0.2, 0) is 32.1 Å². The van der Waals surface area contributed by atoms with Crippen LogP contribution in [-0.4, -0.2) is 76.2 Å². The molecule has 0 saturated heterocycles. The summed E-state index contributed by atoms with van der Waals surface area (Å²) in [7, 11) is 0. The Morgan fingerprint density at radius 1 is 0.314 bits per heavy atom. The van der Waals surface area contributed by atoms with Crippen LogP contribution in [0.15, 0.2) is 175 Å². The molecule has 0 amide bonds. The summed E-state index contributed by atoms with van der Waals surface area (Å²) in [6.45, 7) is 9.15. The highest BCUT2D eigenvalue weighted by Crippen LogP contribution is 2.36. The maximum atomic E-state index is 13.6. The van der Waals surface area contributed by atoms with Gasteiger partial charge < -0.3 is 0 Å². The number of halogens is 5. The maximum absolute atomic E-state index is 13.6. The summed E-state index contributed by atoms with van der Waals surface area (Å²) in [6.07, 6.45) is 1.66. The summed E-state index contributed by atoms with van der Waals surface area (Å²) in [5.41, 5.74) is 12.7. The second kappa shape index (κ2) is 31.9. The van der Waals surface area contributed by atoms with Gasteiger partial charge in [0.05, 0.1) is 24.6 Å². The van der Waals surface area contributed by atoms with Gasteiger partial charge >= 0.3 is 28.4 Å². The number of benzene rings is 10. The minimum atomic E-state index is -0.521. The van der Waals surface area contributed by atoms with Gasteiger partial charge in [-0.15, -0.1) is 0 Å². The number of hydrogen-bond acceptors (Lipinski definition) is 25. The van der Waals surface area contributed by atoms with E-state index in [0.29, 0.717) is 106 Å². The number of rotatable bonds is 15. The van der Waals surface area contributed by atoms with Crippen LogP contribution in [0.2, 0.25) is 15.1 Å². The second-order valence-corrected chi connectivity index (χ2v) is 25.0. The van der Waals surface area contributed by atoms with Crippen molar-refractivity contribution in [3.8, 4) is 0 Å². The maximum Gasteiger partial charge on any atom is 0.304 e. The predicted molar refractivity (Wildman–Crippen MR) is 377 cm³/mol. The third-order valence-corrected chi connectivity index (χ3v) is 17.3. The SMILES string of the molecule is Cc1cc(Cc2ccc3nonc3c2[N+](=O)[O-])ccc1Cl.Cc1cc(Cl)cc(Cc2ccc3nonc3c2[N+](=O)[O-])c1.Cc1cc(F)cc(Cc2ccc3nonc3c2[N+](=O)[O-])c1.Cc1ccc(Cc2ccc3nonc3c2[N+](=O)[O-])cc1Cl.Cc1ccc(Cc2ccc3nonc3c2[N+](=O)[O-])cc1F. The van der Waals surface area contributed by atoms with E-state index in [1.807, 2.05) is 63.2 Å². The summed E-state index contributed by atoms with van der Waals surface area (Å²) in [5.74, 6) is -0.698. The van der Waals surface area contributed by atoms with Gasteiger partial charge in [0.1, 0.15) is 39.2 Å². The highest BCUT2D eigenvalue weighted by atomic mass is 35.5. The number of aryl methyl sites for hydroxylation is 5. The zero-order valence-electron chi connectivity index (χ0n) is 55.2. The van der Waals surface area contributed by atoms with Crippen molar-refractivity contribution in [1.82, 2.24) is 51.6 Å². The molecule has 35 heteroatoms. The highest BCUT2D eigenvalue weighted by Gasteiger charge is 2.28. The van der Waals surface area contributed by atoms with Gasteiger partial charge in [-0.1, -0.05) is 83.3 Å². The average Bonchev–Trinajstić information content (AvgIpc) is 1.76. The molecule has 0 atom stereocenters. The Hall–Kier alpha value is -13.1. The number of nitro groups is 5. The molecule has 0 unspecified atom stereocenters. The lowest BCUT2D eigenvalue weighted by Gasteiger charge is -2.05. The molecule has 0 aliphatic rings. The molecule has 0 saturated carbocycles. The standard InChI is InChI=1S/3C14H10ClN3O3.2C14H10FN3O3/c1-8-6-9(2-4-11(8)15)7-10-3-5-12-13(17-21-16-12)14(10)18(19)20;1-8-4-9(7-11(15)5-8)6-10-2-3-12-13(17-21-16-12)14(10)18(19)20;1-8-2-3-9(7-11(8)15)6-10-4-5-12-13(17-21-16-12)14(10)18(19)20;1-8-4-9(7-11(15)5-8)6-10-2-3-12-13(17-21-16-12)14(10)18(19)20;1-8-2-3-9(7-11(8)15)6-10-4-5-12-13(17-21-16-12)14(10)18(19)20/h2-6H,7H2,1H3;4*2-5,7H,6H2,1H3. The number of fused-ring (bicyclic) bond motifs is 5. The summed E-state index contributed by atoms with van der Waals surface area (Å²) in [4.78, 5) is 54.1. The van der Waals surface area contributed by atoms with E-state index in [0.717, 1.165) is 38.9 Å². The van der Waals surface area contributed by atoms with Gasteiger partial charge in [0, 0.05) is 75.0 Å². The number of nitro benzene ring substituents is 5. The van der Waals surface area contributed by atoms with Crippen LogP contribution < -0.4 is 0 Å². The van der Waals surface area contributed by atoms with E-state index in [1.165, 1.54) is 18.2 Å². The fraction of sp³-hybridized carbons (Fsp3) is 0.143. The summed E-state index contributed by atoms with van der Waals surface area (Å²) in [6, 6.07) is 42.4. The summed E-state index contributed by atoms with van der Waals surface area (Å²) < 4.78 is 49.8. The molecule has 0 spiro atoms. The van der Waals surface area contributed by atoms with E-state index in [4.69, 9.17) is 34.8 Å². The lowest BCUT2D eigenvalue weighted by Crippen LogP contribution is -1.99. The molecule has 0 bridgehead atoms.